The van der Waals surface area contributed by atoms with E-state index >= 15 is 0 Å². The molecule has 1 aromatic carbocycles. The molecule has 0 aliphatic carbocycles. The lowest BCUT2D eigenvalue weighted by molar-refractivity contribution is -0.117. The van der Waals surface area contributed by atoms with Gasteiger partial charge in [-0.2, -0.15) is 5.10 Å². The minimum atomic E-state index is -0.431. The summed E-state index contributed by atoms with van der Waals surface area (Å²) in [4.78, 5) is 13.8. The van der Waals surface area contributed by atoms with Crippen molar-refractivity contribution in [1.29, 1.82) is 0 Å². The van der Waals surface area contributed by atoms with Crippen molar-refractivity contribution >= 4 is 17.3 Å². The molecule has 0 bridgehead atoms. The van der Waals surface area contributed by atoms with Gasteiger partial charge in [-0.1, -0.05) is 0 Å². The van der Waals surface area contributed by atoms with Crippen LogP contribution < -0.4 is 11.1 Å². The van der Waals surface area contributed by atoms with Gasteiger partial charge in [0.2, 0.25) is 5.91 Å². The number of nitrogen functional groups attached to an aromatic ring is 1. The van der Waals surface area contributed by atoms with Crippen molar-refractivity contribution in [3.8, 4) is 0 Å². The lowest BCUT2D eigenvalue weighted by Gasteiger charge is -2.15. The van der Waals surface area contributed by atoms with Gasteiger partial charge in [-0.05, 0) is 25.2 Å². The predicted octanol–water partition coefficient (Wildman–Crippen LogP) is 1.21. The standard InChI is InChI=1S/C14H18FN5O/c1-19(7-10-6-17-20(2)8-10)9-14(21)18-13-4-3-11(15)5-12(13)16/h3-6,8H,7,9,16H2,1-2H3,(H,18,21). The molecule has 0 aliphatic heterocycles. The third-order valence-electron chi connectivity index (χ3n) is 2.91. The van der Waals surface area contributed by atoms with Crippen molar-refractivity contribution in [2.45, 2.75) is 6.54 Å². The fourth-order valence-electron chi connectivity index (χ4n) is 2.00. The van der Waals surface area contributed by atoms with Gasteiger partial charge in [0.05, 0.1) is 24.1 Å². The molecule has 0 unspecified atom stereocenters. The highest BCUT2D eigenvalue weighted by atomic mass is 19.1. The summed E-state index contributed by atoms with van der Waals surface area (Å²) in [7, 11) is 3.67. The lowest BCUT2D eigenvalue weighted by Crippen LogP contribution is -2.30. The zero-order valence-corrected chi connectivity index (χ0v) is 12.0. The highest BCUT2D eigenvalue weighted by molar-refractivity contribution is 5.95. The number of anilines is 2. The zero-order chi connectivity index (χ0) is 15.4. The summed E-state index contributed by atoms with van der Waals surface area (Å²) in [5.41, 5.74) is 7.29. The SMILES string of the molecule is CN(CC(=O)Nc1ccc(F)cc1N)Cc1cnn(C)c1. The van der Waals surface area contributed by atoms with E-state index in [1.54, 1.807) is 10.9 Å². The van der Waals surface area contributed by atoms with Gasteiger partial charge in [0.1, 0.15) is 5.82 Å². The van der Waals surface area contributed by atoms with E-state index in [9.17, 15) is 9.18 Å². The minimum absolute atomic E-state index is 0.200. The highest BCUT2D eigenvalue weighted by Crippen LogP contribution is 2.18. The summed E-state index contributed by atoms with van der Waals surface area (Å²) < 4.78 is 14.6. The molecule has 0 atom stereocenters. The fraction of sp³-hybridized carbons (Fsp3) is 0.286. The molecule has 0 saturated heterocycles. The van der Waals surface area contributed by atoms with Gasteiger partial charge in [-0.25, -0.2) is 4.39 Å². The highest BCUT2D eigenvalue weighted by Gasteiger charge is 2.10. The molecule has 1 aromatic heterocycles. The number of aryl methyl sites for hydroxylation is 1. The van der Waals surface area contributed by atoms with Crippen LogP contribution >= 0.6 is 0 Å². The molecule has 1 amide bonds. The van der Waals surface area contributed by atoms with Gasteiger partial charge >= 0.3 is 0 Å². The maximum absolute atomic E-state index is 12.9. The number of nitrogens with two attached hydrogens (primary N) is 1. The molecule has 112 valence electrons. The Hall–Kier alpha value is -2.41. The van der Waals surface area contributed by atoms with E-state index in [0.717, 1.165) is 5.56 Å². The van der Waals surface area contributed by atoms with E-state index < -0.39 is 5.82 Å². The number of nitrogens with zero attached hydrogens (tertiary/aromatic N) is 3. The number of halogens is 1. The molecule has 2 aromatic rings. The maximum atomic E-state index is 12.9. The molecule has 0 radical (unpaired) electrons. The third-order valence-corrected chi connectivity index (χ3v) is 2.91. The Labute approximate surface area is 122 Å². The second-order valence-electron chi connectivity index (χ2n) is 4.97. The van der Waals surface area contributed by atoms with Gasteiger partial charge < -0.3 is 11.1 Å². The van der Waals surface area contributed by atoms with Gasteiger partial charge in [0.15, 0.2) is 0 Å². The Morgan fingerprint density at radius 2 is 2.29 bits per heavy atom. The first-order chi connectivity index (χ1) is 9.94. The van der Waals surface area contributed by atoms with Crippen LogP contribution in [0.25, 0.3) is 0 Å². The molecule has 21 heavy (non-hydrogen) atoms. The number of hydrogen-bond acceptors (Lipinski definition) is 4. The monoisotopic (exact) mass is 291 g/mol. The van der Waals surface area contributed by atoms with Crippen LogP contribution in [0.1, 0.15) is 5.56 Å². The first kappa shape index (κ1) is 15.0. The first-order valence-corrected chi connectivity index (χ1v) is 6.45. The van der Waals surface area contributed by atoms with E-state index in [0.29, 0.717) is 12.2 Å². The van der Waals surface area contributed by atoms with Crippen molar-refractivity contribution in [3.63, 3.8) is 0 Å². The molecule has 1 heterocycles. The van der Waals surface area contributed by atoms with Crippen LogP contribution in [-0.4, -0.2) is 34.2 Å². The van der Waals surface area contributed by atoms with E-state index in [1.807, 2.05) is 25.2 Å². The molecule has 0 fully saturated rings. The second kappa shape index (κ2) is 6.36. The molecule has 0 spiro atoms. The van der Waals surface area contributed by atoms with E-state index in [-0.39, 0.29) is 18.1 Å². The average Bonchev–Trinajstić information content (AvgIpc) is 2.78. The fourth-order valence-corrected chi connectivity index (χ4v) is 2.00. The molecule has 0 saturated carbocycles. The summed E-state index contributed by atoms with van der Waals surface area (Å²) in [6.07, 6.45) is 3.65. The number of nitrogens with one attached hydrogen (secondary N) is 1. The van der Waals surface area contributed by atoms with Gasteiger partial charge in [-0.3, -0.25) is 14.4 Å². The Balaban J connectivity index is 1.89. The number of benzene rings is 1. The number of aromatic nitrogens is 2. The van der Waals surface area contributed by atoms with Crippen molar-refractivity contribution < 1.29 is 9.18 Å². The molecular weight excluding hydrogens is 273 g/mol. The number of hydrogen-bond donors (Lipinski definition) is 2. The summed E-state index contributed by atoms with van der Waals surface area (Å²) in [6.45, 7) is 0.811. The molecular formula is C14H18FN5O. The topological polar surface area (TPSA) is 76.2 Å². The number of amides is 1. The van der Waals surface area contributed by atoms with Crippen molar-refractivity contribution in [3.05, 3.63) is 42.0 Å². The normalized spacial score (nSPS) is 10.9. The zero-order valence-electron chi connectivity index (χ0n) is 12.0. The molecule has 2 rings (SSSR count). The summed E-state index contributed by atoms with van der Waals surface area (Å²) >= 11 is 0. The molecule has 0 aliphatic rings. The van der Waals surface area contributed by atoms with Crippen LogP contribution in [0.2, 0.25) is 0 Å². The number of carbonyl (C=O) groups excluding carboxylic acids is 1. The second-order valence-corrected chi connectivity index (χ2v) is 4.97. The first-order valence-electron chi connectivity index (χ1n) is 6.45. The van der Waals surface area contributed by atoms with Crippen molar-refractivity contribution in [2.75, 3.05) is 24.6 Å². The molecule has 7 heteroatoms. The van der Waals surface area contributed by atoms with Crippen molar-refractivity contribution in [2.24, 2.45) is 7.05 Å². The maximum Gasteiger partial charge on any atom is 0.238 e. The van der Waals surface area contributed by atoms with Gasteiger partial charge in [0, 0.05) is 25.4 Å². The van der Waals surface area contributed by atoms with Crippen molar-refractivity contribution in [1.82, 2.24) is 14.7 Å². The van der Waals surface area contributed by atoms with E-state index in [2.05, 4.69) is 10.4 Å². The van der Waals surface area contributed by atoms with Crippen LogP contribution in [0, 0.1) is 5.82 Å². The van der Waals surface area contributed by atoms with Gasteiger partial charge in [-0.15, -0.1) is 0 Å². The number of rotatable bonds is 5. The van der Waals surface area contributed by atoms with Crippen LogP contribution in [0.5, 0.6) is 0 Å². The van der Waals surface area contributed by atoms with Crippen LogP contribution in [0.3, 0.4) is 0 Å². The number of carbonyl (C=O) groups is 1. The van der Waals surface area contributed by atoms with Crippen LogP contribution in [-0.2, 0) is 18.4 Å². The Bertz CT molecular complexity index is 640. The van der Waals surface area contributed by atoms with Crippen LogP contribution in [0.4, 0.5) is 15.8 Å². The van der Waals surface area contributed by atoms with E-state index in [4.69, 9.17) is 5.73 Å². The summed E-state index contributed by atoms with van der Waals surface area (Å²) in [5, 5.41) is 6.74. The molecule has 6 nitrogen and oxygen atoms in total. The quantitative estimate of drug-likeness (QED) is 0.812. The van der Waals surface area contributed by atoms with Gasteiger partial charge in [0.25, 0.3) is 0 Å². The summed E-state index contributed by atoms with van der Waals surface area (Å²) in [6, 6.07) is 3.88. The van der Waals surface area contributed by atoms with E-state index in [1.165, 1.54) is 18.2 Å². The summed E-state index contributed by atoms with van der Waals surface area (Å²) in [5.74, 6) is -0.640. The number of likely N-dealkylation sites (N-methyl/N-ethyl adjacent to an activating group) is 1. The minimum Gasteiger partial charge on any atom is -0.397 e. The predicted molar refractivity (Wildman–Crippen MR) is 79.0 cm³/mol. The lowest BCUT2D eigenvalue weighted by atomic mass is 10.2. The molecule has 3 N–H and O–H groups in total. The Morgan fingerprint density at radius 1 is 1.52 bits per heavy atom. The largest absolute Gasteiger partial charge is 0.397 e. The Morgan fingerprint density at radius 3 is 2.90 bits per heavy atom. The smallest absolute Gasteiger partial charge is 0.238 e. The van der Waals surface area contributed by atoms with Crippen LogP contribution in [0.15, 0.2) is 30.6 Å². The average molecular weight is 291 g/mol. The third kappa shape index (κ3) is 4.28. The Kier molecular flexibility index (Phi) is 4.54.